The highest BCUT2D eigenvalue weighted by molar-refractivity contribution is 5.76. The Balaban J connectivity index is 1.66. The van der Waals surface area contributed by atoms with Gasteiger partial charge in [-0.3, -0.25) is 9.69 Å². The lowest BCUT2D eigenvalue weighted by molar-refractivity contribution is -0.119. The standard InChI is InChI=1S/C15H24N4O3/c1-11(9-13-3-2-8-22-13)17-15(21)18-12-4-6-19(7-5-12)10-14(16)20/h2-3,8,11-12H,4-7,9-10H2,1H3,(H2,16,20)(H2,17,18,21)/t11-/m1/s1. The lowest BCUT2D eigenvalue weighted by Gasteiger charge is -2.31. The van der Waals surface area contributed by atoms with E-state index in [2.05, 4.69) is 10.6 Å². The van der Waals surface area contributed by atoms with Crippen LogP contribution in [0.2, 0.25) is 0 Å². The SMILES string of the molecule is C[C@H](Cc1ccco1)NC(=O)NC1CCN(CC(N)=O)CC1. The summed E-state index contributed by atoms with van der Waals surface area (Å²) in [6.45, 7) is 3.78. The van der Waals surface area contributed by atoms with E-state index in [4.69, 9.17) is 10.2 Å². The van der Waals surface area contributed by atoms with Gasteiger partial charge in [0.15, 0.2) is 0 Å². The van der Waals surface area contributed by atoms with Crippen LogP contribution in [0.5, 0.6) is 0 Å². The molecule has 1 aromatic rings. The maximum Gasteiger partial charge on any atom is 0.315 e. The second-order valence-electron chi connectivity index (χ2n) is 5.82. The van der Waals surface area contributed by atoms with Crippen LogP contribution in [0.25, 0.3) is 0 Å². The van der Waals surface area contributed by atoms with E-state index in [1.807, 2.05) is 24.0 Å². The molecule has 0 saturated carbocycles. The zero-order chi connectivity index (χ0) is 15.9. The molecular formula is C15H24N4O3. The Bertz CT molecular complexity index is 481. The molecule has 1 aromatic heterocycles. The van der Waals surface area contributed by atoms with E-state index >= 15 is 0 Å². The van der Waals surface area contributed by atoms with Crippen molar-refractivity contribution in [2.24, 2.45) is 5.73 Å². The lowest BCUT2D eigenvalue weighted by Crippen LogP contribution is -2.50. The lowest BCUT2D eigenvalue weighted by atomic mass is 10.1. The maximum absolute atomic E-state index is 12.0. The van der Waals surface area contributed by atoms with Gasteiger partial charge in [-0.15, -0.1) is 0 Å². The number of furan rings is 1. The first kappa shape index (κ1) is 16.4. The Kier molecular flexibility index (Phi) is 5.83. The van der Waals surface area contributed by atoms with Gasteiger partial charge >= 0.3 is 6.03 Å². The Morgan fingerprint density at radius 2 is 2.18 bits per heavy atom. The first-order valence-corrected chi connectivity index (χ1v) is 7.63. The van der Waals surface area contributed by atoms with Crippen LogP contribution in [-0.2, 0) is 11.2 Å². The molecule has 0 spiro atoms. The molecule has 1 saturated heterocycles. The third kappa shape index (κ3) is 5.40. The molecule has 3 amide bonds. The molecule has 0 radical (unpaired) electrons. The Labute approximate surface area is 130 Å². The molecule has 1 aliphatic heterocycles. The van der Waals surface area contributed by atoms with E-state index in [9.17, 15) is 9.59 Å². The number of amides is 3. The van der Waals surface area contributed by atoms with Crippen LogP contribution in [0.1, 0.15) is 25.5 Å². The van der Waals surface area contributed by atoms with E-state index in [-0.39, 0.29) is 24.0 Å². The number of carbonyl (C=O) groups is 2. The average molecular weight is 308 g/mol. The number of piperidine rings is 1. The number of nitrogens with two attached hydrogens (primary N) is 1. The summed E-state index contributed by atoms with van der Waals surface area (Å²) in [6, 6.07) is 3.71. The van der Waals surface area contributed by atoms with E-state index < -0.39 is 0 Å². The van der Waals surface area contributed by atoms with Gasteiger partial charge in [0, 0.05) is 31.6 Å². The molecular weight excluding hydrogens is 284 g/mol. The highest BCUT2D eigenvalue weighted by Gasteiger charge is 2.21. The number of carbonyl (C=O) groups excluding carboxylic acids is 2. The number of primary amides is 1. The molecule has 0 aliphatic carbocycles. The van der Waals surface area contributed by atoms with Gasteiger partial charge in [-0.1, -0.05) is 0 Å². The first-order valence-electron chi connectivity index (χ1n) is 7.63. The summed E-state index contributed by atoms with van der Waals surface area (Å²) in [6.07, 6.45) is 3.94. The van der Waals surface area contributed by atoms with Crippen molar-refractivity contribution in [2.75, 3.05) is 19.6 Å². The molecule has 0 bridgehead atoms. The molecule has 2 heterocycles. The summed E-state index contributed by atoms with van der Waals surface area (Å²) < 4.78 is 5.26. The highest BCUT2D eigenvalue weighted by Crippen LogP contribution is 2.10. The fraction of sp³-hybridized carbons (Fsp3) is 0.600. The van der Waals surface area contributed by atoms with Crippen molar-refractivity contribution in [3.8, 4) is 0 Å². The molecule has 1 aliphatic rings. The van der Waals surface area contributed by atoms with Crippen LogP contribution >= 0.6 is 0 Å². The summed E-state index contributed by atoms with van der Waals surface area (Å²) in [5.74, 6) is 0.545. The molecule has 1 atom stereocenters. The summed E-state index contributed by atoms with van der Waals surface area (Å²) in [5.41, 5.74) is 5.18. The van der Waals surface area contributed by atoms with Crippen LogP contribution in [0.4, 0.5) is 4.79 Å². The highest BCUT2D eigenvalue weighted by atomic mass is 16.3. The summed E-state index contributed by atoms with van der Waals surface area (Å²) in [4.78, 5) is 24.9. The van der Waals surface area contributed by atoms with Gasteiger partial charge in [0.05, 0.1) is 12.8 Å². The second-order valence-corrected chi connectivity index (χ2v) is 5.82. The number of rotatable bonds is 6. The molecule has 7 heteroatoms. The van der Waals surface area contributed by atoms with Crippen LogP contribution in [0.3, 0.4) is 0 Å². The number of hydrogen-bond acceptors (Lipinski definition) is 4. The summed E-state index contributed by atoms with van der Waals surface area (Å²) >= 11 is 0. The van der Waals surface area contributed by atoms with Crippen molar-refractivity contribution in [2.45, 2.75) is 38.3 Å². The molecule has 4 N–H and O–H groups in total. The van der Waals surface area contributed by atoms with Crippen molar-refractivity contribution >= 4 is 11.9 Å². The van der Waals surface area contributed by atoms with Gasteiger partial charge in [-0.2, -0.15) is 0 Å². The van der Waals surface area contributed by atoms with Crippen LogP contribution in [-0.4, -0.2) is 48.6 Å². The van der Waals surface area contributed by atoms with Crippen LogP contribution < -0.4 is 16.4 Å². The van der Waals surface area contributed by atoms with Crippen molar-refractivity contribution < 1.29 is 14.0 Å². The topological polar surface area (TPSA) is 101 Å². The van der Waals surface area contributed by atoms with Gasteiger partial charge in [-0.05, 0) is 31.9 Å². The average Bonchev–Trinajstić information content (AvgIpc) is 2.93. The van der Waals surface area contributed by atoms with Crippen molar-refractivity contribution in [1.29, 1.82) is 0 Å². The molecule has 1 fully saturated rings. The molecule has 22 heavy (non-hydrogen) atoms. The monoisotopic (exact) mass is 308 g/mol. The zero-order valence-electron chi connectivity index (χ0n) is 12.9. The second kappa shape index (κ2) is 7.84. The molecule has 2 rings (SSSR count). The third-order valence-corrected chi connectivity index (χ3v) is 3.77. The van der Waals surface area contributed by atoms with Gasteiger partial charge in [-0.25, -0.2) is 4.79 Å². The van der Waals surface area contributed by atoms with Gasteiger partial charge in [0.2, 0.25) is 5.91 Å². The normalized spacial score (nSPS) is 17.9. The summed E-state index contributed by atoms with van der Waals surface area (Å²) in [5, 5.41) is 5.89. The third-order valence-electron chi connectivity index (χ3n) is 3.77. The Hall–Kier alpha value is -2.02. The summed E-state index contributed by atoms with van der Waals surface area (Å²) in [7, 11) is 0. The molecule has 122 valence electrons. The van der Waals surface area contributed by atoms with Crippen molar-refractivity contribution in [3.05, 3.63) is 24.2 Å². The minimum Gasteiger partial charge on any atom is -0.469 e. The van der Waals surface area contributed by atoms with E-state index in [0.717, 1.165) is 31.7 Å². The zero-order valence-corrected chi connectivity index (χ0v) is 12.9. The smallest absolute Gasteiger partial charge is 0.315 e. The van der Waals surface area contributed by atoms with E-state index in [1.54, 1.807) is 6.26 Å². The van der Waals surface area contributed by atoms with E-state index in [0.29, 0.717) is 13.0 Å². The predicted octanol–water partition coefficient (Wildman–Crippen LogP) is 0.460. The maximum atomic E-state index is 12.0. The van der Waals surface area contributed by atoms with Gasteiger partial charge < -0.3 is 20.8 Å². The van der Waals surface area contributed by atoms with Gasteiger partial charge in [0.1, 0.15) is 5.76 Å². The van der Waals surface area contributed by atoms with E-state index in [1.165, 1.54) is 0 Å². The number of urea groups is 1. The van der Waals surface area contributed by atoms with Gasteiger partial charge in [0.25, 0.3) is 0 Å². The minimum atomic E-state index is -0.309. The van der Waals surface area contributed by atoms with Crippen LogP contribution in [0.15, 0.2) is 22.8 Å². The number of nitrogens with zero attached hydrogens (tertiary/aromatic N) is 1. The van der Waals surface area contributed by atoms with Crippen LogP contribution in [0, 0.1) is 0 Å². The van der Waals surface area contributed by atoms with Crippen molar-refractivity contribution in [1.82, 2.24) is 15.5 Å². The molecule has 7 nitrogen and oxygen atoms in total. The predicted molar refractivity (Wildman–Crippen MR) is 82.2 cm³/mol. The molecule has 0 unspecified atom stereocenters. The number of likely N-dealkylation sites (tertiary alicyclic amines) is 1. The molecule has 0 aromatic carbocycles. The quantitative estimate of drug-likeness (QED) is 0.710. The number of hydrogen-bond donors (Lipinski definition) is 3. The Morgan fingerprint density at radius 3 is 2.77 bits per heavy atom. The number of nitrogens with one attached hydrogen (secondary N) is 2. The largest absolute Gasteiger partial charge is 0.469 e. The fourth-order valence-corrected chi connectivity index (χ4v) is 2.69. The Morgan fingerprint density at radius 1 is 1.45 bits per heavy atom. The first-order chi connectivity index (χ1) is 10.5. The minimum absolute atomic E-state index is 0.00102. The van der Waals surface area contributed by atoms with Crippen molar-refractivity contribution in [3.63, 3.8) is 0 Å². The fourth-order valence-electron chi connectivity index (χ4n) is 2.69.